The van der Waals surface area contributed by atoms with Crippen molar-refractivity contribution in [3.8, 4) is 11.1 Å². The zero-order chi connectivity index (χ0) is 19.6. The molecule has 0 aliphatic rings. The van der Waals surface area contributed by atoms with Crippen molar-refractivity contribution < 1.29 is 23.5 Å². The van der Waals surface area contributed by atoms with E-state index in [1.807, 2.05) is 0 Å². The van der Waals surface area contributed by atoms with E-state index in [2.05, 4.69) is 5.32 Å². The summed E-state index contributed by atoms with van der Waals surface area (Å²) >= 11 is 6.08. The van der Waals surface area contributed by atoms with Crippen molar-refractivity contribution in [2.24, 2.45) is 0 Å². The number of rotatable bonds is 4. The third kappa shape index (κ3) is 3.80. The first kappa shape index (κ1) is 18.5. The highest BCUT2D eigenvalue weighted by molar-refractivity contribution is 6.34. The summed E-state index contributed by atoms with van der Waals surface area (Å²) in [6, 6.07) is 13.7. The number of hydrogen-bond acceptors (Lipinski definition) is 2. The van der Waals surface area contributed by atoms with Gasteiger partial charge in [-0.1, -0.05) is 41.9 Å². The van der Waals surface area contributed by atoms with Crippen molar-refractivity contribution in [1.29, 1.82) is 0 Å². The molecule has 0 atom stereocenters. The standard InChI is InChI=1S/C20H12ClF2NO3/c21-15-9-11(12-5-3-4-8-16(12)22)10-17(23)18(15)24-19(25)13-6-1-2-7-14(13)20(26)27/h1-10H,(H,24,25)(H,26,27). The van der Waals surface area contributed by atoms with Gasteiger partial charge in [-0.25, -0.2) is 13.6 Å². The van der Waals surface area contributed by atoms with Crippen molar-refractivity contribution >= 4 is 29.2 Å². The van der Waals surface area contributed by atoms with Gasteiger partial charge in [-0.05, 0) is 35.9 Å². The molecule has 1 amide bonds. The van der Waals surface area contributed by atoms with Crippen LogP contribution in [-0.4, -0.2) is 17.0 Å². The predicted molar refractivity (Wildman–Crippen MR) is 98.2 cm³/mol. The molecule has 2 N–H and O–H groups in total. The molecular formula is C20H12ClF2NO3. The SMILES string of the molecule is O=C(O)c1ccccc1C(=O)Nc1c(F)cc(-c2ccccc2F)cc1Cl. The van der Waals surface area contributed by atoms with Crippen molar-refractivity contribution in [3.63, 3.8) is 0 Å². The van der Waals surface area contributed by atoms with Gasteiger partial charge in [0, 0.05) is 5.56 Å². The van der Waals surface area contributed by atoms with E-state index < -0.39 is 23.5 Å². The average Bonchev–Trinajstić information content (AvgIpc) is 2.64. The molecule has 0 aliphatic heterocycles. The number of benzene rings is 3. The molecule has 0 spiro atoms. The Balaban J connectivity index is 1.96. The minimum absolute atomic E-state index is 0.140. The smallest absolute Gasteiger partial charge is 0.336 e. The van der Waals surface area contributed by atoms with Gasteiger partial charge in [-0.2, -0.15) is 0 Å². The zero-order valence-electron chi connectivity index (χ0n) is 13.7. The second-order valence-electron chi connectivity index (χ2n) is 5.60. The predicted octanol–water partition coefficient (Wildman–Crippen LogP) is 5.24. The van der Waals surface area contributed by atoms with Crippen molar-refractivity contribution in [3.05, 3.63) is 88.4 Å². The number of hydrogen-bond donors (Lipinski definition) is 2. The highest BCUT2D eigenvalue weighted by Crippen LogP contribution is 2.33. The average molecular weight is 388 g/mol. The molecule has 0 aromatic heterocycles. The van der Waals surface area contributed by atoms with Crippen LogP contribution in [0.15, 0.2) is 60.7 Å². The highest BCUT2D eigenvalue weighted by atomic mass is 35.5. The molecule has 136 valence electrons. The van der Waals surface area contributed by atoms with E-state index in [0.717, 1.165) is 6.07 Å². The van der Waals surface area contributed by atoms with E-state index in [-0.39, 0.29) is 33.0 Å². The van der Waals surface area contributed by atoms with Crippen LogP contribution in [0.5, 0.6) is 0 Å². The second kappa shape index (κ2) is 7.55. The lowest BCUT2D eigenvalue weighted by Crippen LogP contribution is -2.17. The number of halogens is 3. The van der Waals surface area contributed by atoms with Gasteiger partial charge in [0.2, 0.25) is 0 Å². The Bertz CT molecular complexity index is 1030. The van der Waals surface area contributed by atoms with Crippen LogP contribution < -0.4 is 5.32 Å². The minimum atomic E-state index is -1.29. The van der Waals surface area contributed by atoms with Crippen LogP contribution in [0.25, 0.3) is 11.1 Å². The van der Waals surface area contributed by atoms with Crippen molar-refractivity contribution in [2.45, 2.75) is 0 Å². The van der Waals surface area contributed by atoms with E-state index in [0.29, 0.717) is 0 Å². The Labute approximate surface area is 158 Å². The molecule has 27 heavy (non-hydrogen) atoms. The third-order valence-electron chi connectivity index (χ3n) is 3.87. The van der Waals surface area contributed by atoms with Gasteiger partial charge in [0.15, 0.2) is 0 Å². The number of carbonyl (C=O) groups is 2. The summed E-state index contributed by atoms with van der Waals surface area (Å²) in [5.74, 6) is -3.53. The van der Waals surface area contributed by atoms with Crippen LogP contribution in [-0.2, 0) is 0 Å². The summed E-state index contributed by atoms with van der Waals surface area (Å²) in [5, 5.41) is 11.3. The molecule has 0 bridgehead atoms. The first-order chi connectivity index (χ1) is 12.9. The quantitative estimate of drug-likeness (QED) is 0.643. The molecular weight excluding hydrogens is 376 g/mol. The fourth-order valence-electron chi connectivity index (χ4n) is 2.59. The molecule has 3 aromatic rings. The van der Waals surface area contributed by atoms with E-state index in [9.17, 15) is 18.4 Å². The number of carboxylic acids is 1. The van der Waals surface area contributed by atoms with Gasteiger partial charge < -0.3 is 10.4 Å². The lowest BCUT2D eigenvalue weighted by Gasteiger charge is -2.12. The topological polar surface area (TPSA) is 66.4 Å². The minimum Gasteiger partial charge on any atom is -0.478 e. The van der Waals surface area contributed by atoms with E-state index in [4.69, 9.17) is 16.7 Å². The fourth-order valence-corrected chi connectivity index (χ4v) is 2.85. The summed E-state index contributed by atoms with van der Waals surface area (Å²) in [5.41, 5.74) is -0.318. The van der Waals surface area contributed by atoms with E-state index in [1.165, 1.54) is 48.5 Å². The number of carboxylic acid groups (broad SMARTS) is 1. The number of carbonyl (C=O) groups excluding carboxylic acids is 1. The summed E-state index contributed by atoms with van der Waals surface area (Å²) in [6.45, 7) is 0. The summed E-state index contributed by atoms with van der Waals surface area (Å²) in [7, 11) is 0. The fraction of sp³-hybridized carbons (Fsp3) is 0. The maximum Gasteiger partial charge on any atom is 0.336 e. The Kier molecular flexibility index (Phi) is 5.19. The highest BCUT2D eigenvalue weighted by Gasteiger charge is 2.19. The summed E-state index contributed by atoms with van der Waals surface area (Å²) in [6.07, 6.45) is 0. The number of nitrogens with one attached hydrogen (secondary N) is 1. The molecule has 0 radical (unpaired) electrons. The molecule has 0 saturated heterocycles. The Morgan fingerprint density at radius 1 is 0.889 bits per heavy atom. The maximum atomic E-state index is 14.5. The second-order valence-corrected chi connectivity index (χ2v) is 6.01. The third-order valence-corrected chi connectivity index (χ3v) is 4.17. The van der Waals surface area contributed by atoms with Crippen LogP contribution in [0.1, 0.15) is 20.7 Å². The van der Waals surface area contributed by atoms with Crippen LogP contribution in [0.3, 0.4) is 0 Å². The van der Waals surface area contributed by atoms with Gasteiger partial charge in [0.25, 0.3) is 5.91 Å². The molecule has 0 saturated carbocycles. The van der Waals surface area contributed by atoms with Gasteiger partial charge >= 0.3 is 5.97 Å². The molecule has 0 aliphatic carbocycles. The van der Waals surface area contributed by atoms with Gasteiger partial charge in [0.05, 0.1) is 21.8 Å². The molecule has 0 unspecified atom stereocenters. The lowest BCUT2D eigenvalue weighted by molar-refractivity contribution is 0.0692. The number of amides is 1. The molecule has 3 rings (SSSR count). The van der Waals surface area contributed by atoms with Gasteiger partial charge in [0.1, 0.15) is 11.6 Å². The van der Waals surface area contributed by atoms with Gasteiger partial charge in [-0.15, -0.1) is 0 Å². The van der Waals surface area contributed by atoms with Crippen LogP contribution in [0.2, 0.25) is 5.02 Å². The molecule has 0 fully saturated rings. The Morgan fingerprint density at radius 3 is 2.15 bits per heavy atom. The van der Waals surface area contributed by atoms with E-state index in [1.54, 1.807) is 6.07 Å². The zero-order valence-corrected chi connectivity index (χ0v) is 14.4. The van der Waals surface area contributed by atoms with Crippen LogP contribution in [0.4, 0.5) is 14.5 Å². The van der Waals surface area contributed by atoms with E-state index >= 15 is 0 Å². The normalized spacial score (nSPS) is 10.5. The van der Waals surface area contributed by atoms with Crippen molar-refractivity contribution in [1.82, 2.24) is 0 Å². The number of aromatic carboxylic acids is 1. The number of anilines is 1. The molecule has 0 heterocycles. The first-order valence-electron chi connectivity index (χ1n) is 7.76. The molecule has 7 heteroatoms. The molecule has 3 aromatic carbocycles. The molecule has 4 nitrogen and oxygen atoms in total. The monoisotopic (exact) mass is 387 g/mol. The lowest BCUT2D eigenvalue weighted by atomic mass is 10.0. The Morgan fingerprint density at radius 2 is 1.52 bits per heavy atom. The van der Waals surface area contributed by atoms with Crippen molar-refractivity contribution in [2.75, 3.05) is 5.32 Å². The largest absolute Gasteiger partial charge is 0.478 e. The Hall–Kier alpha value is -3.25. The van der Waals surface area contributed by atoms with Crippen LogP contribution >= 0.6 is 11.6 Å². The van der Waals surface area contributed by atoms with Crippen LogP contribution in [0, 0.1) is 11.6 Å². The maximum absolute atomic E-state index is 14.5. The first-order valence-corrected chi connectivity index (χ1v) is 8.14. The summed E-state index contributed by atoms with van der Waals surface area (Å²) in [4.78, 5) is 23.6. The van der Waals surface area contributed by atoms with Gasteiger partial charge in [-0.3, -0.25) is 4.79 Å². The summed E-state index contributed by atoms with van der Waals surface area (Å²) < 4.78 is 28.4.